The Morgan fingerprint density at radius 3 is 2.45 bits per heavy atom. The van der Waals surface area contributed by atoms with E-state index in [-0.39, 0.29) is 36.6 Å². The van der Waals surface area contributed by atoms with Gasteiger partial charge >= 0.3 is 0 Å². The first-order valence-corrected chi connectivity index (χ1v) is 9.91. The van der Waals surface area contributed by atoms with Crippen LogP contribution in [0.15, 0.2) is 48.5 Å². The number of rotatable bonds is 7. The van der Waals surface area contributed by atoms with Crippen LogP contribution in [0.1, 0.15) is 32.3 Å². The largest absolute Gasteiger partial charge is 0.496 e. The summed E-state index contributed by atoms with van der Waals surface area (Å²) in [6.07, 6.45) is 1.23. The van der Waals surface area contributed by atoms with Crippen LogP contribution in [0.25, 0.3) is 11.1 Å². The number of halogens is 1. The number of hydrogen-bond acceptors (Lipinski definition) is 4. The van der Waals surface area contributed by atoms with Crippen molar-refractivity contribution in [3.05, 3.63) is 54.1 Å². The molecule has 158 valence electrons. The average Bonchev–Trinajstić information content (AvgIpc) is 3.21. The predicted octanol–water partition coefficient (Wildman–Crippen LogP) is 4.03. The lowest BCUT2D eigenvalue weighted by molar-refractivity contribution is -0.145. The molecule has 0 saturated carbocycles. The lowest BCUT2D eigenvalue weighted by atomic mass is 10.0. The highest BCUT2D eigenvalue weighted by Gasteiger charge is 2.33. The molecule has 2 N–H and O–H groups in total. The normalized spacial score (nSPS) is 18.4. The van der Waals surface area contributed by atoms with Gasteiger partial charge in [-0.05, 0) is 43.9 Å². The van der Waals surface area contributed by atoms with Gasteiger partial charge in [0.1, 0.15) is 11.9 Å². The molecule has 0 unspecified atom stereocenters. The van der Waals surface area contributed by atoms with Crippen LogP contribution in [0, 0.1) is 0 Å². The third-order valence-electron chi connectivity index (χ3n) is 5.28. The Morgan fingerprint density at radius 2 is 1.86 bits per heavy atom. The van der Waals surface area contributed by atoms with E-state index < -0.39 is 0 Å². The Bertz CT molecular complexity index is 795. The summed E-state index contributed by atoms with van der Waals surface area (Å²) in [4.78, 5) is 14.9. The zero-order valence-corrected chi connectivity index (χ0v) is 18.2. The fourth-order valence-electron chi connectivity index (χ4n) is 3.63. The SMILES string of the molecule is COc1ccccc1-c1ccc(CN(C(=O)[C@@H]2CC[C@H](CN)O2)C(C)C)cc1.Cl. The molecule has 2 atom stereocenters. The molecule has 1 fully saturated rings. The van der Waals surface area contributed by atoms with Gasteiger partial charge in [-0.15, -0.1) is 12.4 Å². The molecule has 0 radical (unpaired) electrons. The summed E-state index contributed by atoms with van der Waals surface area (Å²) in [6, 6.07) is 16.4. The molecule has 1 aliphatic heterocycles. The standard InChI is InChI=1S/C23H30N2O3.ClH/c1-16(2)25(23(26)22-13-12-19(14-24)28-22)15-17-8-10-18(11-9-17)20-6-4-5-7-21(20)27-3;/h4-11,16,19,22H,12-15,24H2,1-3H3;1H/t19-,22+;/m1./s1. The molecule has 0 bridgehead atoms. The molecule has 1 saturated heterocycles. The molecule has 3 rings (SSSR count). The van der Waals surface area contributed by atoms with Crippen molar-refractivity contribution in [3.63, 3.8) is 0 Å². The smallest absolute Gasteiger partial charge is 0.252 e. The van der Waals surface area contributed by atoms with Crippen LogP contribution in [0.3, 0.4) is 0 Å². The fraction of sp³-hybridized carbons (Fsp3) is 0.435. The minimum absolute atomic E-state index is 0. The van der Waals surface area contributed by atoms with Crippen LogP contribution in [-0.2, 0) is 16.1 Å². The van der Waals surface area contributed by atoms with Gasteiger partial charge < -0.3 is 20.1 Å². The van der Waals surface area contributed by atoms with Gasteiger partial charge in [0.15, 0.2) is 0 Å². The van der Waals surface area contributed by atoms with Crippen LogP contribution >= 0.6 is 12.4 Å². The summed E-state index contributed by atoms with van der Waals surface area (Å²) in [6.45, 7) is 5.11. The van der Waals surface area contributed by atoms with Gasteiger partial charge in [0.25, 0.3) is 5.91 Å². The van der Waals surface area contributed by atoms with Crippen LogP contribution in [0.5, 0.6) is 5.75 Å². The molecule has 2 aromatic carbocycles. The quantitative estimate of drug-likeness (QED) is 0.737. The molecule has 0 spiro atoms. The summed E-state index contributed by atoms with van der Waals surface area (Å²) in [7, 11) is 1.68. The Hall–Kier alpha value is -2.08. The van der Waals surface area contributed by atoms with Crippen LogP contribution < -0.4 is 10.5 Å². The lowest BCUT2D eigenvalue weighted by Crippen LogP contribution is -2.43. The number of ether oxygens (including phenoxy) is 2. The first-order chi connectivity index (χ1) is 13.5. The summed E-state index contributed by atoms with van der Waals surface area (Å²) in [5.74, 6) is 0.904. The maximum Gasteiger partial charge on any atom is 0.252 e. The molecule has 6 heteroatoms. The number of carbonyl (C=O) groups excluding carboxylic acids is 1. The van der Waals surface area contributed by atoms with Crippen molar-refractivity contribution in [1.82, 2.24) is 4.90 Å². The Labute approximate surface area is 179 Å². The van der Waals surface area contributed by atoms with E-state index in [0.717, 1.165) is 35.3 Å². The van der Waals surface area contributed by atoms with Crippen molar-refractivity contribution in [2.45, 2.75) is 51.5 Å². The van der Waals surface area contributed by atoms with Gasteiger partial charge in [-0.3, -0.25) is 4.79 Å². The number of benzene rings is 2. The van der Waals surface area contributed by atoms with E-state index in [9.17, 15) is 4.79 Å². The molecule has 1 heterocycles. The summed E-state index contributed by atoms with van der Waals surface area (Å²) in [5, 5.41) is 0. The summed E-state index contributed by atoms with van der Waals surface area (Å²) >= 11 is 0. The van der Waals surface area contributed by atoms with Gasteiger partial charge in [-0.2, -0.15) is 0 Å². The van der Waals surface area contributed by atoms with Crippen molar-refractivity contribution >= 4 is 18.3 Å². The third kappa shape index (κ3) is 5.50. The van der Waals surface area contributed by atoms with Gasteiger partial charge in [0.2, 0.25) is 0 Å². The molecular weight excluding hydrogens is 388 g/mol. The molecule has 29 heavy (non-hydrogen) atoms. The zero-order chi connectivity index (χ0) is 20.1. The zero-order valence-electron chi connectivity index (χ0n) is 17.3. The molecule has 2 aromatic rings. The van der Waals surface area contributed by atoms with Crippen molar-refractivity contribution < 1.29 is 14.3 Å². The Balaban J connectivity index is 0.00000300. The van der Waals surface area contributed by atoms with Crippen molar-refractivity contribution in [1.29, 1.82) is 0 Å². The molecular formula is C23H31ClN2O3. The van der Waals surface area contributed by atoms with Crippen molar-refractivity contribution in [2.75, 3.05) is 13.7 Å². The lowest BCUT2D eigenvalue weighted by Gasteiger charge is -2.29. The van der Waals surface area contributed by atoms with E-state index in [1.807, 2.05) is 43.0 Å². The molecule has 0 aliphatic carbocycles. The first-order valence-electron chi connectivity index (χ1n) is 9.91. The molecule has 0 aromatic heterocycles. The predicted molar refractivity (Wildman–Crippen MR) is 118 cm³/mol. The Morgan fingerprint density at radius 1 is 1.17 bits per heavy atom. The fourth-order valence-corrected chi connectivity index (χ4v) is 3.63. The van der Waals surface area contributed by atoms with Gasteiger partial charge in [0.05, 0.1) is 13.2 Å². The number of carbonyl (C=O) groups is 1. The minimum Gasteiger partial charge on any atom is -0.496 e. The third-order valence-corrected chi connectivity index (χ3v) is 5.28. The summed E-state index contributed by atoms with van der Waals surface area (Å²) in [5.41, 5.74) is 8.92. The highest BCUT2D eigenvalue weighted by molar-refractivity contribution is 5.85. The molecule has 5 nitrogen and oxygen atoms in total. The van der Waals surface area contributed by atoms with Crippen LogP contribution in [-0.4, -0.2) is 42.7 Å². The molecule has 1 aliphatic rings. The van der Waals surface area contributed by atoms with Gasteiger partial charge in [0, 0.05) is 24.7 Å². The Kier molecular flexibility index (Phi) is 8.50. The maximum absolute atomic E-state index is 13.0. The van der Waals surface area contributed by atoms with E-state index in [2.05, 4.69) is 24.3 Å². The second-order valence-electron chi connectivity index (χ2n) is 7.52. The first kappa shape index (κ1) is 23.2. The van der Waals surface area contributed by atoms with Gasteiger partial charge in [-0.1, -0.05) is 42.5 Å². The van der Waals surface area contributed by atoms with Crippen LogP contribution in [0.2, 0.25) is 0 Å². The van der Waals surface area contributed by atoms with E-state index in [1.54, 1.807) is 7.11 Å². The maximum atomic E-state index is 13.0. The average molecular weight is 419 g/mol. The van der Waals surface area contributed by atoms with Crippen LogP contribution in [0.4, 0.5) is 0 Å². The number of para-hydroxylation sites is 1. The van der Waals surface area contributed by atoms with E-state index in [0.29, 0.717) is 13.1 Å². The second kappa shape index (κ2) is 10.6. The summed E-state index contributed by atoms with van der Waals surface area (Å²) < 4.78 is 11.3. The van der Waals surface area contributed by atoms with E-state index >= 15 is 0 Å². The monoisotopic (exact) mass is 418 g/mol. The number of nitrogens with zero attached hydrogens (tertiary/aromatic N) is 1. The minimum atomic E-state index is -0.371. The van der Waals surface area contributed by atoms with E-state index in [4.69, 9.17) is 15.2 Å². The highest BCUT2D eigenvalue weighted by atomic mass is 35.5. The number of methoxy groups -OCH3 is 1. The highest BCUT2D eigenvalue weighted by Crippen LogP contribution is 2.30. The number of hydrogen-bond donors (Lipinski definition) is 1. The second-order valence-corrected chi connectivity index (χ2v) is 7.52. The number of nitrogens with two attached hydrogens (primary N) is 1. The van der Waals surface area contributed by atoms with Gasteiger partial charge in [-0.25, -0.2) is 0 Å². The topological polar surface area (TPSA) is 64.8 Å². The molecule has 1 amide bonds. The van der Waals surface area contributed by atoms with Crippen molar-refractivity contribution in [3.8, 4) is 16.9 Å². The van der Waals surface area contributed by atoms with E-state index in [1.165, 1.54) is 0 Å². The number of amides is 1. The van der Waals surface area contributed by atoms with Crippen molar-refractivity contribution in [2.24, 2.45) is 5.73 Å².